The minimum absolute atomic E-state index is 0.0548. The van der Waals surface area contributed by atoms with Crippen molar-refractivity contribution in [3.8, 4) is 28.3 Å². The Hall–Kier alpha value is -4.74. The zero-order valence-corrected chi connectivity index (χ0v) is 26.7. The molecule has 1 saturated heterocycles. The Morgan fingerprint density at radius 1 is 1.07 bits per heavy atom. The summed E-state index contributed by atoms with van der Waals surface area (Å²) in [5.41, 5.74) is 4.91. The maximum Gasteiger partial charge on any atom is 0.330 e. The summed E-state index contributed by atoms with van der Waals surface area (Å²) in [4.78, 5) is 56.5. The number of benzene rings is 2. The number of aliphatic carboxylic acids is 1. The third-order valence-electron chi connectivity index (χ3n) is 9.17. The van der Waals surface area contributed by atoms with Crippen LogP contribution < -0.4 is 21.3 Å². The molecular weight excluding hydrogens is 610 g/mol. The minimum atomic E-state index is -0.756. The first kappa shape index (κ1) is 31.3. The van der Waals surface area contributed by atoms with Crippen molar-refractivity contribution in [2.75, 3.05) is 25.5 Å². The number of methoxy groups -OCH3 is 1. The summed E-state index contributed by atoms with van der Waals surface area (Å²) in [7, 11) is 4.40. The highest BCUT2D eigenvalue weighted by Gasteiger charge is 2.38. The van der Waals surface area contributed by atoms with Crippen LogP contribution in [0.2, 0.25) is 5.02 Å². The molecule has 2 aliphatic rings. The molecule has 1 amide bonds. The number of fused-ring (bicyclic) bond motifs is 1. The summed E-state index contributed by atoms with van der Waals surface area (Å²) in [6.07, 6.45) is 3.54. The molecule has 11 nitrogen and oxygen atoms in total. The van der Waals surface area contributed by atoms with E-state index in [0.29, 0.717) is 35.2 Å². The summed E-state index contributed by atoms with van der Waals surface area (Å²) in [5.74, 6) is -1.23. The van der Waals surface area contributed by atoms with Gasteiger partial charge >= 0.3 is 11.7 Å². The summed E-state index contributed by atoms with van der Waals surface area (Å²) in [6, 6.07) is 13.2. The van der Waals surface area contributed by atoms with Crippen LogP contribution in [0.1, 0.15) is 45.9 Å². The van der Waals surface area contributed by atoms with E-state index < -0.39 is 23.1 Å². The Bertz CT molecular complexity index is 2020. The number of pyridine rings is 1. The van der Waals surface area contributed by atoms with Crippen LogP contribution in [0.25, 0.3) is 22.4 Å². The van der Waals surface area contributed by atoms with Gasteiger partial charge in [0.15, 0.2) is 0 Å². The highest BCUT2D eigenvalue weighted by molar-refractivity contribution is 6.36. The molecule has 0 unspecified atom stereocenters. The topological polar surface area (TPSA) is 136 Å². The van der Waals surface area contributed by atoms with Crippen LogP contribution in [0.5, 0.6) is 5.88 Å². The number of carboxylic acids is 1. The fourth-order valence-corrected chi connectivity index (χ4v) is 6.99. The van der Waals surface area contributed by atoms with Gasteiger partial charge in [0.1, 0.15) is 5.56 Å². The SMILES string of the molecule is COc1nc(-c2cccc(-c3cccc(NC(=O)c4cn(C)c(=O)n(C)c4=O)c3C)c2Cl)cc2c1[C@@H](N1CC[C@H](C(=O)O)C1)CC2. The lowest BCUT2D eigenvalue weighted by atomic mass is 9.96. The Labute approximate surface area is 270 Å². The number of carbonyl (C=O) groups excluding carboxylic acids is 1. The Balaban J connectivity index is 1.33. The fraction of sp³-hybridized carbons (Fsp3) is 0.324. The number of halogens is 1. The van der Waals surface area contributed by atoms with Gasteiger partial charge in [0.05, 0.1) is 23.7 Å². The van der Waals surface area contributed by atoms with Gasteiger partial charge in [0.2, 0.25) is 5.88 Å². The zero-order valence-electron chi connectivity index (χ0n) is 26.0. The lowest BCUT2D eigenvalue weighted by molar-refractivity contribution is -0.141. The van der Waals surface area contributed by atoms with Gasteiger partial charge < -0.3 is 19.7 Å². The van der Waals surface area contributed by atoms with Crippen LogP contribution in [0, 0.1) is 12.8 Å². The number of anilines is 1. The quantitative estimate of drug-likeness (QED) is 0.302. The third kappa shape index (κ3) is 5.39. The molecular formula is C34H34ClN5O6. The van der Waals surface area contributed by atoms with Crippen molar-refractivity contribution in [2.45, 2.75) is 32.2 Å². The van der Waals surface area contributed by atoms with Crippen molar-refractivity contribution in [3.05, 3.63) is 96.8 Å². The lowest BCUT2D eigenvalue weighted by Crippen LogP contribution is -2.40. The molecule has 6 rings (SSSR count). The number of likely N-dealkylation sites (tertiary alicyclic amines) is 1. The standard InChI is InChI=1S/C34H34ClN5O6/c1-18-21(7-6-10-25(18)36-30(41)24-17-38(2)34(45)39(3)32(24)42)22-8-5-9-23(29(22)35)26-15-19-11-12-27(28(19)31(37-26)46-4)40-14-13-20(16-40)33(43)44/h5-10,15,17,20,27H,11-14,16H2,1-4H3,(H,36,41)(H,43,44)/t20-,27-/m0/s1. The number of carboxylic acid groups (broad SMARTS) is 1. The Morgan fingerprint density at radius 2 is 1.78 bits per heavy atom. The van der Waals surface area contributed by atoms with Gasteiger partial charge in [-0.05, 0) is 61.6 Å². The van der Waals surface area contributed by atoms with Crippen molar-refractivity contribution in [1.82, 2.24) is 19.0 Å². The molecule has 0 radical (unpaired) electrons. The van der Waals surface area contributed by atoms with Gasteiger partial charge in [-0.25, -0.2) is 9.78 Å². The monoisotopic (exact) mass is 643 g/mol. The first-order chi connectivity index (χ1) is 22.0. The maximum absolute atomic E-state index is 13.1. The highest BCUT2D eigenvalue weighted by atomic mass is 35.5. The second-order valence-corrected chi connectivity index (χ2v) is 12.2. The van der Waals surface area contributed by atoms with E-state index in [2.05, 4.69) is 10.2 Å². The third-order valence-corrected chi connectivity index (χ3v) is 9.58. The number of nitrogens with zero attached hydrogens (tertiary/aromatic N) is 4. The molecule has 1 aliphatic carbocycles. The molecule has 12 heteroatoms. The van der Waals surface area contributed by atoms with Gasteiger partial charge in [0, 0.05) is 55.3 Å². The van der Waals surface area contributed by atoms with Gasteiger partial charge in [0.25, 0.3) is 11.5 Å². The van der Waals surface area contributed by atoms with Gasteiger partial charge in [-0.2, -0.15) is 0 Å². The average molecular weight is 644 g/mol. The van der Waals surface area contributed by atoms with Crippen molar-refractivity contribution in [3.63, 3.8) is 0 Å². The number of nitrogens with one attached hydrogen (secondary N) is 1. The van der Waals surface area contributed by atoms with E-state index in [-0.39, 0.29) is 17.5 Å². The molecule has 2 N–H and O–H groups in total. The molecule has 1 aliphatic heterocycles. The summed E-state index contributed by atoms with van der Waals surface area (Å²) in [5, 5.41) is 12.8. The zero-order chi connectivity index (χ0) is 32.9. The second kappa shape index (κ2) is 12.2. The predicted molar refractivity (Wildman–Crippen MR) is 175 cm³/mol. The first-order valence-electron chi connectivity index (χ1n) is 15.0. The smallest absolute Gasteiger partial charge is 0.330 e. The lowest BCUT2D eigenvalue weighted by Gasteiger charge is -2.25. The molecule has 3 heterocycles. The number of rotatable bonds is 7. The van der Waals surface area contributed by atoms with E-state index >= 15 is 0 Å². The number of ether oxygens (including phenoxy) is 1. The first-order valence-corrected chi connectivity index (χ1v) is 15.4. The number of carbonyl (C=O) groups is 2. The van der Waals surface area contributed by atoms with E-state index in [4.69, 9.17) is 21.3 Å². The molecule has 0 bridgehead atoms. The number of hydrogen-bond donors (Lipinski definition) is 2. The molecule has 2 aromatic carbocycles. The van der Waals surface area contributed by atoms with E-state index in [0.717, 1.165) is 57.3 Å². The normalized spacial score (nSPS) is 17.6. The van der Waals surface area contributed by atoms with Crippen LogP contribution in [-0.2, 0) is 25.3 Å². The van der Waals surface area contributed by atoms with Gasteiger partial charge in [-0.3, -0.25) is 23.9 Å². The molecule has 0 spiro atoms. The summed E-state index contributed by atoms with van der Waals surface area (Å²) < 4.78 is 7.88. The van der Waals surface area contributed by atoms with Crippen LogP contribution in [-0.4, -0.2) is 56.2 Å². The Morgan fingerprint density at radius 3 is 2.50 bits per heavy atom. The fourth-order valence-electron chi connectivity index (χ4n) is 6.67. The van der Waals surface area contributed by atoms with Crippen molar-refractivity contribution in [1.29, 1.82) is 0 Å². The van der Waals surface area contributed by atoms with Crippen LogP contribution in [0.3, 0.4) is 0 Å². The van der Waals surface area contributed by atoms with Crippen molar-refractivity contribution in [2.24, 2.45) is 20.0 Å². The maximum atomic E-state index is 13.1. The van der Waals surface area contributed by atoms with Crippen molar-refractivity contribution < 1.29 is 19.4 Å². The highest BCUT2D eigenvalue weighted by Crippen LogP contribution is 2.45. The Kier molecular flexibility index (Phi) is 8.30. The van der Waals surface area contributed by atoms with Crippen LogP contribution in [0.15, 0.2) is 58.3 Å². The average Bonchev–Trinajstić information content (AvgIpc) is 3.70. The number of amides is 1. The van der Waals surface area contributed by atoms with Gasteiger partial charge in [-0.15, -0.1) is 0 Å². The van der Waals surface area contributed by atoms with Crippen LogP contribution >= 0.6 is 11.6 Å². The van der Waals surface area contributed by atoms with E-state index in [1.807, 2.05) is 37.3 Å². The van der Waals surface area contributed by atoms with E-state index in [1.54, 1.807) is 19.2 Å². The van der Waals surface area contributed by atoms with E-state index in [9.17, 15) is 24.3 Å². The summed E-state index contributed by atoms with van der Waals surface area (Å²) >= 11 is 7.09. The second-order valence-electron chi connectivity index (χ2n) is 11.9. The number of aromatic nitrogens is 3. The van der Waals surface area contributed by atoms with Gasteiger partial charge in [-0.1, -0.05) is 41.9 Å². The largest absolute Gasteiger partial charge is 0.481 e. The molecule has 4 aromatic rings. The summed E-state index contributed by atoms with van der Waals surface area (Å²) in [6.45, 7) is 3.09. The molecule has 238 valence electrons. The number of hydrogen-bond acceptors (Lipinski definition) is 7. The van der Waals surface area contributed by atoms with Crippen molar-refractivity contribution >= 4 is 29.2 Å². The number of aryl methyl sites for hydroxylation is 2. The minimum Gasteiger partial charge on any atom is -0.481 e. The molecule has 1 fully saturated rings. The van der Waals surface area contributed by atoms with Crippen LogP contribution in [0.4, 0.5) is 5.69 Å². The molecule has 0 saturated carbocycles. The predicted octanol–water partition coefficient (Wildman–Crippen LogP) is 4.43. The molecule has 46 heavy (non-hydrogen) atoms. The van der Waals surface area contributed by atoms with E-state index in [1.165, 1.54) is 24.9 Å². The molecule has 2 atom stereocenters. The molecule has 2 aromatic heterocycles.